The maximum Gasteiger partial charge on any atom is 0.410 e. The second-order valence-electron chi connectivity index (χ2n) is 7.43. The maximum absolute atomic E-state index is 12.2. The van der Waals surface area contributed by atoms with Crippen LogP contribution >= 0.6 is 15.9 Å². The largest absolute Gasteiger partial charge is 0.444 e. The van der Waals surface area contributed by atoms with Crippen molar-refractivity contribution >= 4 is 22.0 Å². The van der Waals surface area contributed by atoms with E-state index in [0.717, 1.165) is 10.0 Å². The molecule has 132 valence electrons. The van der Waals surface area contributed by atoms with Gasteiger partial charge in [0.25, 0.3) is 0 Å². The number of hydrogen-bond donors (Lipinski definition) is 0. The summed E-state index contributed by atoms with van der Waals surface area (Å²) in [7, 11) is 0. The molecule has 1 aliphatic rings. The summed E-state index contributed by atoms with van der Waals surface area (Å²) in [5, 5.41) is 18.9. The highest BCUT2D eigenvalue weighted by molar-refractivity contribution is 9.10. The molecule has 0 bridgehead atoms. The molecule has 0 aliphatic carbocycles. The predicted octanol–water partition coefficient (Wildman–Crippen LogP) is 4.40. The molecule has 1 aliphatic heterocycles. The van der Waals surface area contributed by atoms with Crippen molar-refractivity contribution in [3.05, 3.63) is 33.8 Å². The molecule has 1 heterocycles. The number of amides is 1. The summed E-state index contributed by atoms with van der Waals surface area (Å²) in [6.45, 7) is 6.52. The van der Waals surface area contributed by atoms with Crippen molar-refractivity contribution in [3.8, 4) is 12.1 Å². The van der Waals surface area contributed by atoms with Gasteiger partial charge in [0.05, 0.1) is 17.0 Å². The first kappa shape index (κ1) is 19.3. The molecule has 0 atom stereocenters. The van der Waals surface area contributed by atoms with Gasteiger partial charge in [-0.1, -0.05) is 12.1 Å². The van der Waals surface area contributed by atoms with Gasteiger partial charge in [0.2, 0.25) is 0 Å². The third-order valence-electron chi connectivity index (χ3n) is 4.34. The molecule has 1 fully saturated rings. The molecule has 0 radical (unpaired) electrons. The Morgan fingerprint density at radius 1 is 1.32 bits per heavy atom. The minimum Gasteiger partial charge on any atom is -0.444 e. The number of halogens is 1. The molecule has 0 unspecified atom stereocenters. The van der Waals surface area contributed by atoms with Gasteiger partial charge in [-0.15, -0.1) is 0 Å². The van der Waals surface area contributed by atoms with Crippen LogP contribution in [0, 0.1) is 28.1 Å². The molecule has 1 aromatic carbocycles. The SMILES string of the molecule is CC(C)(C)OC(=O)N1CCC(C#N)(Cc2cccc(C#N)c2Br)CC1. The fraction of sp³-hybridized carbons (Fsp3) is 0.526. The number of benzene rings is 1. The Hall–Kier alpha value is -2.05. The van der Waals surface area contributed by atoms with E-state index in [1.165, 1.54) is 0 Å². The van der Waals surface area contributed by atoms with Gasteiger partial charge in [0, 0.05) is 17.6 Å². The van der Waals surface area contributed by atoms with E-state index in [1.807, 2.05) is 32.9 Å². The summed E-state index contributed by atoms with van der Waals surface area (Å²) in [4.78, 5) is 13.9. The van der Waals surface area contributed by atoms with E-state index in [9.17, 15) is 10.1 Å². The molecule has 2 rings (SSSR count). The second-order valence-corrected chi connectivity index (χ2v) is 8.22. The van der Waals surface area contributed by atoms with Crippen molar-refractivity contribution in [1.82, 2.24) is 4.90 Å². The lowest BCUT2D eigenvalue weighted by molar-refractivity contribution is 0.0148. The fourth-order valence-corrected chi connectivity index (χ4v) is 3.43. The molecule has 25 heavy (non-hydrogen) atoms. The van der Waals surface area contributed by atoms with Gasteiger partial charge in [-0.05, 0) is 67.6 Å². The van der Waals surface area contributed by atoms with Gasteiger partial charge in [-0.3, -0.25) is 0 Å². The standard InChI is InChI=1S/C19H22BrN3O2/c1-18(2,3)25-17(24)23-9-7-19(13-22,8-10-23)11-14-5-4-6-15(12-21)16(14)20/h4-6H,7-11H2,1-3H3. The summed E-state index contributed by atoms with van der Waals surface area (Å²) in [5.74, 6) is 0. The number of nitriles is 2. The number of rotatable bonds is 2. The van der Waals surface area contributed by atoms with Gasteiger partial charge in [-0.2, -0.15) is 10.5 Å². The van der Waals surface area contributed by atoms with Crippen LogP contribution < -0.4 is 0 Å². The van der Waals surface area contributed by atoms with Crippen molar-refractivity contribution in [2.45, 2.75) is 45.6 Å². The first-order valence-electron chi connectivity index (χ1n) is 8.26. The quantitative estimate of drug-likeness (QED) is 0.732. The van der Waals surface area contributed by atoms with E-state index in [4.69, 9.17) is 10.00 Å². The first-order chi connectivity index (χ1) is 11.7. The number of piperidine rings is 1. The van der Waals surface area contributed by atoms with Crippen LogP contribution in [0.3, 0.4) is 0 Å². The third-order valence-corrected chi connectivity index (χ3v) is 5.27. The normalized spacial score (nSPS) is 16.6. The van der Waals surface area contributed by atoms with Crippen LogP contribution in [0.15, 0.2) is 22.7 Å². The summed E-state index contributed by atoms with van der Waals surface area (Å²) in [6, 6.07) is 10.1. The van der Waals surface area contributed by atoms with Gasteiger partial charge in [0.15, 0.2) is 0 Å². The molecule has 0 spiro atoms. The molecule has 0 aromatic heterocycles. The van der Waals surface area contributed by atoms with Crippen LogP contribution in [0.25, 0.3) is 0 Å². The molecule has 0 N–H and O–H groups in total. The Morgan fingerprint density at radius 3 is 2.48 bits per heavy atom. The van der Waals surface area contributed by atoms with E-state index in [1.54, 1.807) is 11.0 Å². The lowest BCUT2D eigenvalue weighted by Crippen LogP contribution is -2.45. The highest BCUT2D eigenvalue weighted by Gasteiger charge is 2.38. The topological polar surface area (TPSA) is 77.1 Å². The molecular formula is C19H22BrN3O2. The summed E-state index contributed by atoms with van der Waals surface area (Å²) < 4.78 is 6.16. The lowest BCUT2D eigenvalue weighted by atomic mass is 9.75. The Labute approximate surface area is 157 Å². The lowest BCUT2D eigenvalue weighted by Gasteiger charge is -2.38. The number of hydrogen-bond acceptors (Lipinski definition) is 4. The van der Waals surface area contributed by atoms with E-state index in [0.29, 0.717) is 37.9 Å². The van der Waals surface area contributed by atoms with Crippen molar-refractivity contribution < 1.29 is 9.53 Å². The maximum atomic E-state index is 12.2. The summed E-state index contributed by atoms with van der Waals surface area (Å²) >= 11 is 3.47. The highest BCUT2D eigenvalue weighted by Crippen LogP contribution is 2.37. The zero-order valence-corrected chi connectivity index (χ0v) is 16.4. The molecular weight excluding hydrogens is 382 g/mol. The number of carbonyl (C=O) groups is 1. The van der Waals surface area contributed by atoms with Gasteiger partial charge >= 0.3 is 6.09 Å². The minimum absolute atomic E-state index is 0.327. The summed E-state index contributed by atoms with van der Waals surface area (Å²) in [6.07, 6.45) is 1.41. The van der Waals surface area contributed by atoms with E-state index < -0.39 is 11.0 Å². The van der Waals surface area contributed by atoms with E-state index in [-0.39, 0.29) is 6.09 Å². The first-order valence-corrected chi connectivity index (χ1v) is 9.06. The number of ether oxygens (including phenoxy) is 1. The zero-order valence-electron chi connectivity index (χ0n) is 14.8. The van der Waals surface area contributed by atoms with Crippen LogP contribution in [-0.4, -0.2) is 29.7 Å². The van der Waals surface area contributed by atoms with Crippen LogP contribution in [-0.2, 0) is 11.2 Å². The highest BCUT2D eigenvalue weighted by atomic mass is 79.9. The smallest absolute Gasteiger partial charge is 0.410 e. The molecule has 5 nitrogen and oxygen atoms in total. The average Bonchev–Trinajstić information content (AvgIpc) is 2.56. The number of carbonyl (C=O) groups excluding carboxylic acids is 1. The van der Waals surface area contributed by atoms with Crippen LogP contribution in [0.1, 0.15) is 44.7 Å². The van der Waals surface area contributed by atoms with Crippen molar-refractivity contribution in [1.29, 1.82) is 10.5 Å². The average molecular weight is 404 g/mol. The zero-order chi connectivity index (χ0) is 18.7. The van der Waals surface area contributed by atoms with Crippen LogP contribution in [0.2, 0.25) is 0 Å². The molecule has 6 heteroatoms. The summed E-state index contributed by atoms with van der Waals surface area (Å²) in [5.41, 5.74) is 0.460. The Morgan fingerprint density at radius 2 is 1.96 bits per heavy atom. The minimum atomic E-state index is -0.533. The van der Waals surface area contributed by atoms with Crippen molar-refractivity contribution in [3.63, 3.8) is 0 Å². The van der Waals surface area contributed by atoms with E-state index in [2.05, 4.69) is 28.1 Å². The van der Waals surface area contributed by atoms with Gasteiger partial charge in [-0.25, -0.2) is 4.79 Å². The molecule has 1 aromatic rings. The Bertz CT molecular complexity index is 733. The van der Waals surface area contributed by atoms with Gasteiger partial charge < -0.3 is 9.64 Å². The van der Waals surface area contributed by atoms with Crippen molar-refractivity contribution in [2.75, 3.05) is 13.1 Å². The number of likely N-dealkylation sites (tertiary alicyclic amines) is 1. The Balaban J connectivity index is 2.09. The van der Waals surface area contributed by atoms with Crippen molar-refractivity contribution in [2.24, 2.45) is 5.41 Å². The molecule has 0 saturated carbocycles. The number of nitrogens with zero attached hydrogens (tertiary/aromatic N) is 3. The Kier molecular flexibility index (Phi) is 5.75. The van der Waals surface area contributed by atoms with Gasteiger partial charge in [0.1, 0.15) is 11.7 Å². The monoisotopic (exact) mass is 403 g/mol. The molecule has 1 amide bonds. The van der Waals surface area contributed by atoms with E-state index >= 15 is 0 Å². The fourth-order valence-electron chi connectivity index (χ4n) is 2.94. The van der Waals surface area contributed by atoms with Crippen LogP contribution in [0.5, 0.6) is 0 Å². The molecule has 1 saturated heterocycles. The van der Waals surface area contributed by atoms with Crippen LogP contribution in [0.4, 0.5) is 4.79 Å². The second kappa shape index (κ2) is 7.45. The predicted molar refractivity (Wildman–Crippen MR) is 97.6 cm³/mol. The third kappa shape index (κ3) is 4.74.